The summed E-state index contributed by atoms with van der Waals surface area (Å²) >= 11 is 0. The van der Waals surface area contributed by atoms with Gasteiger partial charge in [0.15, 0.2) is 5.76 Å². The molecule has 0 bridgehead atoms. The van der Waals surface area contributed by atoms with E-state index in [1.807, 2.05) is 0 Å². The molecule has 0 aliphatic carbocycles. The lowest BCUT2D eigenvalue weighted by atomic mass is 10.1. The molecule has 1 atom stereocenters. The van der Waals surface area contributed by atoms with Crippen molar-refractivity contribution in [2.45, 2.75) is 24.5 Å². The molecule has 1 unspecified atom stereocenters. The summed E-state index contributed by atoms with van der Waals surface area (Å²) in [5.74, 6) is -1.14. The normalized spacial score (nSPS) is 13.8. The van der Waals surface area contributed by atoms with Crippen molar-refractivity contribution in [3.05, 3.63) is 53.5 Å². The van der Waals surface area contributed by atoms with Crippen molar-refractivity contribution in [2.24, 2.45) is 0 Å². The Hall–Kier alpha value is -1.80. The van der Waals surface area contributed by atoms with E-state index in [0.717, 1.165) is 16.4 Å². The fourth-order valence-corrected chi connectivity index (χ4v) is 3.16. The SMILES string of the molecule is CC(c1ccc(F)cc1)N(C)S(=O)(=O)c1ccc(C(F)F)o1. The Balaban J connectivity index is 2.29. The molecule has 0 fully saturated rings. The molecule has 0 N–H and O–H groups in total. The maximum absolute atomic E-state index is 12.9. The smallest absolute Gasteiger partial charge is 0.295 e. The van der Waals surface area contributed by atoms with Gasteiger partial charge in [-0.1, -0.05) is 12.1 Å². The van der Waals surface area contributed by atoms with Crippen molar-refractivity contribution in [1.29, 1.82) is 0 Å². The maximum atomic E-state index is 12.9. The van der Waals surface area contributed by atoms with Gasteiger partial charge in [-0.25, -0.2) is 21.6 Å². The quantitative estimate of drug-likeness (QED) is 0.837. The number of sulfonamides is 1. The molecule has 1 heterocycles. The number of rotatable bonds is 5. The van der Waals surface area contributed by atoms with Crippen LogP contribution < -0.4 is 0 Å². The molecule has 0 saturated carbocycles. The van der Waals surface area contributed by atoms with Crippen LogP contribution in [0.3, 0.4) is 0 Å². The second-order valence-corrected chi connectivity index (χ2v) is 6.63. The number of alkyl halides is 2. The van der Waals surface area contributed by atoms with Gasteiger partial charge in [-0.3, -0.25) is 0 Å². The van der Waals surface area contributed by atoms with Crippen molar-refractivity contribution in [3.8, 4) is 0 Å². The van der Waals surface area contributed by atoms with Gasteiger partial charge < -0.3 is 4.42 Å². The summed E-state index contributed by atoms with van der Waals surface area (Å²) in [5, 5.41) is -0.556. The molecular weight excluding hydrogens is 319 g/mol. The zero-order valence-electron chi connectivity index (χ0n) is 11.8. The van der Waals surface area contributed by atoms with Crippen LogP contribution in [-0.2, 0) is 10.0 Å². The molecular formula is C14H14F3NO3S. The van der Waals surface area contributed by atoms with Crippen LogP contribution in [-0.4, -0.2) is 19.8 Å². The monoisotopic (exact) mass is 333 g/mol. The van der Waals surface area contributed by atoms with Crippen LogP contribution in [0, 0.1) is 5.82 Å². The third kappa shape index (κ3) is 3.17. The van der Waals surface area contributed by atoms with Crippen molar-refractivity contribution in [2.75, 3.05) is 7.05 Å². The minimum absolute atomic E-state index is 0.436. The van der Waals surface area contributed by atoms with Crippen molar-refractivity contribution >= 4 is 10.0 Å². The van der Waals surface area contributed by atoms with Crippen LogP contribution in [0.1, 0.15) is 30.7 Å². The fraction of sp³-hybridized carbons (Fsp3) is 0.286. The summed E-state index contributed by atoms with van der Waals surface area (Å²) in [4.78, 5) is 0. The largest absolute Gasteiger partial charge is 0.442 e. The Bertz CT molecular complexity index is 741. The summed E-state index contributed by atoms with van der Waals surface area (Å²) in [7, 11) is -2.77. The van der Waals surface area contributed by atoms with Gasteiger partial charge in [0.1, 0.15) is 5.82 Å². The number of benzene rings is 1. The van der Waals surface area contributed by atoms with Crippen LogP contribution in [0.4, 0.5) is 13.2 Å². The Labute approximate surface area is 126 Å². The molecule has 0 amide bonds. The third-order valence-corrected chi connectivity index (χ3v) is 5.15. The molecule has 0 spiro atoms. The first-order chi connectivity index (χ1) is 10.2. The molecule has 2 aromatic rings. The van der Waals surface area contributed by atoms with E-state index >= 15 is 0 Å². The highest BCUT2D eigenvalue weighted by molar-refractivity contribution is 7.89. The number of furan rings is 1. The lowest BCUT2D eigenvalue weighted by molar-refractivity contribution is 0.115. The average molecular weight is 333 g/mol. The molecule has 4 nitrogen and oxygen atoms in total. The Morgan fingerprint density at radius 3 is 2.18 bits per heavy atom. The van der Waals surface area contributed by atoms with Crippen molar-refractivity contribution in [1.82, 2.24) is 4.31 Å². The molecule has 8 heteroatoms. The highest BCUT2D eigenvalue weighted by Gasteiger charge is 2.30. The lowest BCUT2D eigenvalue weighted by Crippen LogP contribution is -2.29. The second kappa shape index (κ2) is 6.13. The van der Waals surface area contributed by atoms with Crippen LogP contribution in [0.15, 0.2) is 45.9 Å². The Morgan fingerprint density at radius 1 is 1.09 bits per heavy atom. The lowest BCUT2D eigenvalue weighted by Gasteiger charge is -2.23. The molecule has 1 aromatic heterocycles. The number of halogens is 3. The number of nitrogens with zero attached hydrogens (tertiary/aromatic N) is 1. The molecule has 0 aliphatic heterocycles. The molecule has 2 rings (SSSR count). The van der Waals surface area contributed by atoms with E-state index in [9.17, 15) is 21.6 Å². The van der Waals surface area contributed by atoms with Gasteiger partial charge in [0.05, 0.1) is 0 Å². The molecule has 0 saturated heterocycles. The van der Waals surface area contributed by atoms with E-state index in [-0.39, 0.29) is 0 Å². The van der Waals surface area contributed by atoms with Gasteiger partial charge in [0.25, 0.3) is 16.4 Å². The molecule has 22 heavy (non-hydrogen) atoms. The highest BCUT2D eigenvalue weighted by Crippen LogP contribution is 2.29. The topological polar surface area (TPSA) is 50.5 Å². The fourth-order valence-electron chi connectivity index (χ4n) is 1.89. The van der Waals surface area contributed by atoms with Crippen LogP contribution in [0.5, 0.6) is 0 Å². The summed E-state index contributed by atoms with van der Waals surface area (Å²) in [6.45, 7) is 1.60. The number of hydrogen-bond acceptors (Lipinski definition) is 3. The van der Waals surface area contributed by atoms with Gasteiger partial charge >= 0.3 is 0 Å². The summed E-state index contributed by atoms with van der Waals surface area (Å²) in [6.07, 6.45) is -2.89. The van der Waals surface area contributed by atoms with Crippen LogP contribution in [0.25, 0.3) is 0 Å². The summed E-state index contributed by atoms with van der Waals surface area (Å²) < 4.78 is 68.3. The van der Waals surface area contributed by atoms with Gasteiger partial charge in [-0.2, -0.15) is 4.31 Å². The van der Waals surface area contributed by atoms with Gasteiger partial charge in [0, 0.05) is 13.1 Å². The summed E-state index contributed by atoms with van der Waals surface area (Å²) in [6, 6.07) is 6.64. The minimum atomic E-state index is -4.07. The Kier molecular flexibility index (Phi) is 4.62. The van der Waals surface area contributed by atoms with Crippen molar-refractivity contribution < 1.29 is 26.0 Å². The maximum Gasteiger partial charge on any atom is 0.295 e. The Morgan fingerprint density at radius 2 is 1.68 bits per heavy atom. The second-order valence-electron chi connectivity index (χ2n) is 4.71. The molecule has 0 aliphatic rings. The zero-order chi connectivity index (χ0) is 16.5. The number of hydrogen-bond donors (Lipinski definition) is 0. The van der Waals surface area contributed by atoms with E-state index in [0.29, 0.717) is 5.56 Å². The van der Waals surface area contributed by atoms with Crippen LogP contribution in [0.2, 0.25) is 0 Å². The van der Waals surface area contributed by atoms with E-state index < -0.39 is 39.2 Å². The van der Waals surface area contributed by atoms with E-state index in [1.54, 1.807) is 6.92 Å². The first kappa shape index (κ1) is 16.6. The van der Waals surface area contributed by atoms with Gasteiger partial charge in [-0.15, -0.1) is 0 Å². The van der Waals surface area contributed by atoms with Crippen molar-refractivity contribution in [3.63, 3.8) is 0 Å². The molecule has 120 valence electrons. The molecule has 0 radical (unpaired) electrons. The van der Waals surface area contributed by atoms with E-state index in [2.05, 4.69) is 0 Å². The first-order valence-corrected chi connectivity index (χ1v) is 7.79. The van der Waals surface area contributed by atoms with E-state index in [1.165, 1.54) is 31.3 Å². The average Bonchev–Trinajstić information content (AvgIpc) is 2.97. The van der Waals surface area contributed by atoms with E-state index in [4.69, 9.17) is 4.42 Å². The predicted molar refractivity (Wildman–Crippen MR) is 73.4 cm³/mol. The standard InChI is InChI=1S/C14H14F3NO3S/c1-9(10-3-5-11(15)6-4-10)18(2)22(19,20)13-8-7-12(21-13)14(16)17/h3-9,14H,1-2H3. The molecule has 1 aromatic carbocycles. The third-order valence-electron chi connectivity index (χ3n) is 3.35. The minimum Gasteiger partial charge on any atom is -0.442 e. The predicted octanol–water partition coefficient (Wildman–Crippen LogP) is 3.74. The van der Waals surface area contributed by atoms with Gasteiger partial charge in [0.2, 0.25) is 5.09 Å². The summed E-state index contributed by atoms with van der Waals surface area (Å²) in [5.41, 5.74) is 0.563. The highest BCUT2D eigenvalue weighted by atomic mass is 32.2. The first-order valence-electron chi connectivity index (χ1n) is 6.35. The van der Waals surface area contributed by atoms with Crippen LogP contribution >= 0.6 is 0 Å². The zero-order valence-corrected chi connectivity index (χ0v) is 12.6. The van der Waals surface area contributed by atoms with Gasteiger partial charge in [-0.05, 0) is 36.8 Å².